The molecule has 0 aromatic carbocycles. The number of allylic oxidation sites excluding steroid dienone is 9. The zero-order valence-corrected chi connectivity index (χ0v) is 58.8. The van der Waals surface area contributed by atoms with E-state index in [1.165, 1.54) is 244 Å². The number of amides is 1. The van der Waals surface area contributed by atoms with Crippen LogP contribution in [0.2, 0.25) is 0 Å². The van der Waals surface area contributed by atoms with Crippen LogP contribution in [0.25, 0.3) is 0 Å². The molecule has 2 aliphatic rings. The molecule has 0 bridgehead atoms. The van der Waals surface area contributed by atoms with Gasteiger partial charge in [-0.05, 0) is 57.8 Å². The van der Waals surface area contributed by atoms with Crippen LogP contribution in [0, 0.1) is 0 Å². The summed E-state index contributed by atoms with van der Waals surface area (Å²) in [6.07, 6.45) is 67.3. The summed E-state index contributed by atoms with van der Waals surface area (Å²) in [5.74, 6) is -0.233. The molecule has 2 heterocycles. The summed E-state index contributed by atoms with van der Waals surface area (Å²) >= 11 is 0. The molecular weight excluding hydrogens is 1160 g/mol. The highest BCUT2D eigenvalue weighted by Crippen LogP contribution is 2.30. The lowest BCUT2D eigenvalue weighted by atomic mass is 9.97. The smallest absolute Gasteiger partial charge is 0.220 e. The Morgan fingerprint density at radius 1 is 0.402 bits per heavy atom. The molecule has 2 fully saturated rings. The average molecular weight is 1300 g/mol. The second kappa shape index (κ2) is 62.2. The fourth-order valence-corrected chi connectivity index (χ4v) is 12.6. The Morgan fingerprint density at radius 3 is 1.15 bits per heavy atom. The molecule has 2 rings (SSSR count). The van der Waals surface area contributed by atoms with E-state index in [0.29, 0.717) is 6.42 Å². The molecule has 9 N–H and O–H groups in total. The summed E-state index contributed by atoms with van der Waals surface area (Å²) in [7, 11) is 0. The summed E-state index contributed by atoms with van der Waals surface area (Å²) in [5, 5.41) is 87.5. The lowest BCUT2D eigenvalue weighted by Crippen LogP contribution is -2.65. The molecule has 0 radical (unpaired) electrons. The van der Waals surface area contributed by atoms with Crippen LogP contribution in [-0.2, 0) is 23.7 Å². The molecule has 12 unspecified atom stereocenters. The van der Waals surface area contributed by atoms with E-state index in [0.717, 1.165) is 64.2 Å². The zero-order valence-electron chi connectivity index (χ0n) is 58.8. The molecule has 538 valence electrons. The number of ether oxygens (including phenoxy) is 4. The lowest BCUT2D eigenvalue weighted by Gasteiger charge is -2.46. The van der Waals surface area contributed by atoms with E-state index in [1.54, 1.807) is 6.08 Å². The molecule has 2 saturated heterocycles. The summed E-state index contributed by atoms with van der Waals surface area (Å²) in [6, 6.07) is -0.914. The molecule has 0 spiro atoms. The van der Waals surface area contributed by atoms with Gasteiger partial charge < -0.3 is 65.1 Å². The van der Waals surface area contributed by atoms with E-state index in [2.05, 4.69) is 67.8 Å². The van der Waals surface area contributed by atoms with Crippen molar-refractivity contribution in [1.29, 1.82) is 0 Å². The van der Waals surface area contributed by atoms with Gasteiger partial charge in [0.15, 0.2) is 12.6 Å². The second-order valence-corrected chi connectivity index (χ2v) is 27.1. The predicted octanol–water partition coefficient (Wildman–Crippen LogP) is 16.8. The van der Waals surface area contributed by atoms with E-state index in [1.807, 2.05) is 6.08 Å². The number of carbonyl (C=O) groups is 1. The largest absolute Gasteiger partial charge is 0.394 e. The highest BCUT2D eigenvalue weighted by atomic mass is 16.7. The van der Waals surface area contributed by atoms with Crippen molar-refractivity contribution in [2.75, 3.05) is 19.8 Å². The Bertz CT molecular complexity index is 1780. The van der Waals surface area contributed by atoms with Crippen molar-refractivity contribution in [1.82, 2.24) is 5.32 Å². The third-order valence-electron chi connectivity index (χ3n) is 18.7. The monoisotopic (exact) mass is 1300 g/mol. The van der Waals surface area contributed by atoms with Crippen LogP contribution in [0.5, 0.6) is 0 Å². The van der Waals surface area contributed by atoms with Crippen molar-refractivity contribution in [2.24, 2.45) is 0 Å². The van der Waals surface area contributed by atoms with Crippen LogP contribution >= 0.6 is 0 Å². The molecular formula is C78H143NO13. The summed E-state index contributed by atoms with van der Waals surface area (Å²) in [6.45, 7) is 2.73. The zero-order chi connectivity index (χ0) is 66.6. The molecule has 14 nitrogen and oxygen atoms in total. The van der Waals surface area contributed by atoms with Gasteiger partial charge in [0.05, 0.1) is 32.0 Å². The Morgan fingerprint density at radius 2 is 0.750 bits per heavy atom. The summed E-state index contributed by atoms with van der Waals surface area (Å²) in [4.78, 5) is 13.4. The van der Waals surface area contributed by atoms with Crippen LogP contribution in [0.15, 0.2) is 60.8 Å². The van der Waals surface area contributed by atoms with Crippen LogP contribution in [0.1, 0.15) is 335 Å². The van der Waals surface area contributed by atoms with Gasteiger partial charge in [0, 0.05) is 6.42 Å². The first kappa shape index (κ1) is 85.8. The number of aliphatic hydroxyl groups excluding tert-OH is 8. The molecule has 0 aliphatic carbocycles. The van der Waals surface area contributed by atoms with Crippen LogP contribution in [0.3, 0.4) is 0 Å². The Balaban J connectivity index is 1.57. The number of unbranched alkanes of at least 4 members (excludes halogenated alkanes) is 43. The number of rotatable bonds is 64. The minimum Gasteiger partial charge on any atom is -0.394 e. The second-order valence-electron chi connectivity index (χ2n) is 27.1. The van der Waals surface area contributed by atoms with Gasteiger partial charge in [-0.2, -0.15) is 0 Å². The molecule has 14 heteroatoms. The molecule has 0 saturated carbocycles. The van der Waals surface area contributed by atoms with Gasteiger partial charge in [-0.25, -0.2) is 0 Å². The maximum atomic E-state index is 13.4. The molecule has 12 atom stereocenters. The Hall–Kier alpha value is -2.31. The van der Waals surface area contributed by atoms with Gasteiger partial charge in [0.1, 0.15) is 48.8 Å². The van der Waals surface area contributed by atoms with Crippen LogP contribution in [0.4, 0.5) is 0 Å². The minimum absolute atomic E-state index is 0.233. The van der Waals surface area contributed by atoms with Crippen LogP contribution < -0.4 is 5.32 Å². The number of hydrogen-bond donors (Lipinski definition) is 9. The van der Waals surface area contributed by atoms with E-state index < -0.39 is 86.8 Å². The molecule has 92 heavy (non-hydrogen) atoms. The van der Waals surface area contributed by atoms with E-state index in [-0.39, 0.29) is 18.9 Å². The molecule has 0 aromatic heterocycles. The Kier molecular flexibility index (Phi) is 58.0. The standard InChI is InChI=1S/C78H143NO13/c1-3-5-7-9-11-13-15-17-19-21-23-24-25-26-27-28-29-30-31-32-33-34-35-36-37-38-39-40-41-42-44-46-48-50-52-54-56-58-60-62-70(83)79-66(67(82)61-59-57-55-53-51-49-47-45-43-22-20-18-16-14-12-10-8-6-4-2)65-89-77-75(88)73(86)76(69(64-81)91-77)92-78-74(87)72(85)71(84)68(63-80)90-78/h5,7,11,13,17,19,23-24,59,61,66-69,71-78,80-82,84-88H,3-4,6,8-10,12,14-16,18,20-22,25-58,60,62-65H2,1-2H3,(H,79,83)/b7-5-,13-11-,19-17-,24-23-,61-59+. The highest BCUT2D eigenvalue weighted by molar-refractivity contribution is 5.76. The first-order chi connectivity index (χ1) is 45.1. The highest BCUT2D eigenvalue weighted by Gasteiger charge is 2.51. The normalized spacial score (nSPS) is 23.0. The SMILES string of the molecule is CC/C=C\C/C=C\C/C=C\C/C=C\CCCCCCCCCCCCCCCCCCCCCCCCCCCCC(=O)NC(COC1OC(CO)C(OC2OC(CO)C(O)C(O)C2O)C(O)C1O)C(O)/C=C/CCCCCCCCCCCCCCCCCCC. The van der Waals surface area contributed by atoms with Gasteiger partial charge in [0.2, 0.25) is 5.91 Å². The first-order valence-corrected chi connectivity index (χ1v) is 38.5. The fraction of sp³-hybridized carbons (Fsp3) is 0.859. The summed E-state index contributed by atoms with van der Waals surface area (Å²) < 4.78 is 22.9. The van der Waals surface area contributed by atoms with Crippen molar-refractivity contribution in [3.63, 3.8) is 0 Å². The van der Waals surface area contributed by atoms with Crippen molar-refractivity contribution in [3.8, 4) is 0 Å². The van der Waals surface area contributed by atoms with Crippen molar-refractivity contribution >= 4 is 5.91 Å². The third-order valence-corrected chi connectivity index (χ3v) is 18.7. The lowest BCUT2D eigenvalue weighted by molar-refractivity contribution is -0.359. The van der Waals surface area contributed by atoms with Crippen molar-refractivity contribution < 1.29 is 64.6 Å². The van der Waals surface area contributed by atoms with Gasteiger partial charge in [-0.1, -0.05) is 331 Å². The minimum atomic E-state index is -1.79. The third kappa shape index (κ3) is 45.2. The number of carbonyl (C=O) groups excluding carboxylic acids is 1. The quantitative estimate of drug-likeness (QED) is 0.0204. The fourth-order valence-electron chi connectivity index (χ4n) is 12.6. The molecule has 1 amide bonds. The van der Waals surface area contributed by atoms with Crippen molar-refractivity contribution in [2.45, 2.75) is 408 Å². The maximum absolute atomic E-state index is 13.4. The van der Waals surface area contributed by atoms with Crippen LogP contribution in [-0.4, -0.2) is 140 Å². The number of nitrogens with one attached hydrogen (secondary N) is 1. The molecule has 0 aromatic rings. The van der Waals surface area contributed by atoms with Gasteiger partial charge in [-0.15, -0.1) is 0 Å². The number of aliphatic hydroxyl groups is 8. The van der Waals surface area contributed by atoms with Gasteiger partial charge >= 0.3 is 0 Å². The first-order valence-electron chi connectivity index (χ1n) is 38.5. The van der Waals surface area contributed by atoms with Gasteiger partial charge in [0.25, 0.3) is 0 Å². The number of hydrogen-bond acceptors (Lipinski definition) is 13. The van der Waals surface area contributed by atoms with Gasteiger partial charge in [-0.3, -0.25) is 4.79 Å². The van der Waals surface area contributed by atoms with Crippen molar-refractivity contribution in [3.05, 3.63) is 60.8 Å². The average Bonchev–Trinajstić information content (AvgIpc) is 1.05. The topological polar surface area (TPSA) is 228 Å². The van der Waals surface area contributed by atoms with E-state index in [4.69, 9.17) is 18.9 Å². The predicted molar refractivity (Wildman–Crippen MR) is 378 cm³/mol. The summed E-state index contributed by atoms with van der Waals surface area (Å²) in [5.41, 5.74) is 0. The van der Waals surface area contributed by atoms with E-state index in [9.17, 15) is 45.6 Å². The molecule has 2 aliphatic heterocycles. The maximum Gasteiger partial charge on any atom is 0.220 e. The van der Waals surface area contributed by atoms with E-state index >= 15 is 0 Å². The Labute approximate surface area is 562 Å².